The molecular weight excluding hydrogens is 366 g/mol. The minimum atomic E-state index is -0.135. The number of hydrogen-bond acceptors (Lipinski definition) is 5. The maximum atomic E-state index is 12.6. The lowest BCUT2D eigenvalue weighted by molar-refractivity contribution is 0.0929. The molecule has 1 aromatic carbocycles. The number of hydrogen-bond donors (Lipinski definition) is 1. The van der Waals surface area contributed by atoms with Gasteiger partial charge in [0.2, 0.25) is 0 Å². The third-order valence-corrected chi connectivity index (χ3v) is 5.73. The van der Waals surface area contributed by atoms with Crippen LogP contribution < -0.4 is 5.32 Å². The summed E-state index contributed by atoms with van der Waals surface area (Å²) in [6.45, 7) is 3.12. The first-order chi connectivity index (χ1) is 14.2. The second-order valence-electron chi connectivity index (χ2n) is 7.64. The molecule has 29 heavy (non-hydrogen) atoms. The van der Waals surface area contributed by atoms with Crippen LogP contribution in [0.2, 0.25) is 0 Å². The summed E-state index contributed by atoms with van der Waals surface area (Å²) in [5, 5.41) is 7.42. The average Bonchev–Trinajstić information content (AvgIpc) is 3.34. The lowest BCUT2D eigenvalue weighted by Gasteiger charge is -2.11. The Morgan fingerprint density at radius 2 is 2.07 bits per heavy atom. The van der Waals surface area contributed by atoms with Gasteiger partial charge in [-0.1, -0.05) is 24.3 Å². The Hall–Kier alpha value is -3.06. The van der Waals surface area contributed by atoms with Gasteiger partial charge in [0.25, 0.3) is 11.9 Å². The molecule has 0 bridgehead atoms. The van der Waals surface area contributed by atoms with E-state index in [1.165, 1.54) is 5.56 Å². The largest absolute Gasteiger partial charge is 0.379 e. The van der Waals surface area contributed by atoms with E-state index < -0.39 is 0 Å². The fraction of sp³-hybridized carbons (Fsp3) is 0.364. The van der Waals surface area contributed by atoms with Crippen LogP contribution in [0.3, 0.4) is 0 Å². The molecule has 1 unspecified atom stereocenters. The Morgan fingerprint density at radius 3 is 2.93 bits per heavy atom. The number of amides is 1. The molecule has 3 aromatic rings. The molecule has 1 fully saturated rings. The molecule has 5 rings (SSSR count). The molecular formula is C22H23N5O2. The van der Waals surface area contributed by atoms with Crippen LogP contribution in [0.25, 0.3) is 17.2 Å². The summed E-state index contributed by atoms with van der Waals surface area (Å²) in [5.74, 6) is 0.352. The van der Waals surface area contributed by atoms with Crippen LogP contribution in [0.5, 0.6) is 0 Å². The summed E-state index contributed by atoms with van der Waals surface area (Å²) < 4.78 is 6.98. The third kappa shape index (κ3) is 3.31. The molecule has 148 valence electrons. The number of ether oxygens (including phenoxy) is 1. The third-order valence-electron chi connectivity index (χ3n) is 5.73. The first kappa shape index (κ1) is 18.0. The van der Waals surface area contributed by atoms with Crippen molar-refractivity contribution in [2.24, 2.45) is 0 Å². The topological polar surface area (TPSA) is 81.9 Å². The summed E-state index contributed by atoms with van der Waals surface area (Å²) in [6.07, 6.45) is 7.41. The van der Waals surface area contributed by atoms with Crippen LogP contribution in [0.1, 0.15) is 40.0 Å². The van der Waals surface area contributed by atoms with Crippen molar-refractivity contribution in [3.8, 4) is 17.2 Å². The predicted octanol–water partition coefficient (Wildman–Crippen LogP) is 2.65. The van der Waals surface area contributed by atoms with Crippen molar-refractivity contribution in [2.45, 2.75) is 38.6 Å². The number of rotatable bonds is 3. The highest BCUT2D eigenvalue weighted by molar-refractivity contribution is 5.95. The molecule has 3 heterocycles. The quantitative estimate of drug-likeness (QED) is 0.745. The molecule has 0 spiro atoms. The summed E-state index contributed by atoms with van der Waals surface area (Å²) >= 11 is 0. The maximum absolute atomic E-state index is 12.6. The van der Waals surface area contributed by atoms with Gasteiger partial charge in [0.05, 0.1) is 35.8 Å². The number of fused-ring (bicyclic) bond motifs is 3. The SMILES string of the molecule is Cc1c(C(=O)NC2CCOC2)cnn1-c1ncc2c(n1)-c1ccccc1CCC2. The summed E-state index contributed by atoms with van der Waals surface area (Å²) in [4.78, 5) is 22.1. The van der Waals surface area contributed by atoms with Crippen molar-refractivity contribution in [2.75, 3.05) is 13.2 Å². The highest BCUT2D eigenvalue weighted by atomic mass is 16.5. The Kier molecular flexibility index (Phi) is 4.60. The molecule has 1 aliphatic heterocycles. The van der Waals surface area contributed by atoms with Gasteiger partial charge in [-0.25, -0.2) is 14.6 Å². The van der Waals surface area contributed by atoms with E-state index in [2.05, 4.69) is 33.6 Å². The fourth-order valence-electron chi connectivity index (χ4n) is 4.10. The molecule has 7 heteroatoms. The Bertz CT molecular complexity index is 1070. The van der Waals surface area contributed by atoms with Gasteiger partial charge < -0.3 is 10.1 Å². The first-order valence-corrected chi connectivity index (χ1v) is 10.1. The summed E-state index contributed by atoms with van der Waals surface area (Å²) in [5.41, 5.74) is 5.86. The maximum Gasteiger partial charge on any atom is 0.255 e. The Balaban J connectivity index is 1.49. The number of nitrogens with one attached hydrogen (secondary N) is 1. The fourth-order valence-corrected chi connectivity index (χ4v) is 4.10. The molecule has 7 nitrogen and oxygen atoms in total. The van der Waals surface area contributed by atoms with Crippen LogP contribution in [0.15, 0.2) is 36.7 Å². The molecule has 1 atom stereocenters. The van der Waals surface area contributed by atoms with Gasteiger partial charge in [0, 0.05) is 18.4 Å². The highest BCUT2D eigenvalue weighted by Crippen LogP contribution is 2.31. The van der Waals surface area contributed by atoms with Gasteiger partial charge in [0.15, 0.2) is 0 Å². The van der Waals surface area contributed by atoms with Crippen LogP contribution in [-0.2, 0) is 17.6 Å². The normalized spacial score (nSPS) is 18.0. The lowest BCUT2D eigenvalue weighted by Crippen LogP contribution is -2.35. The van der Waals surface area contributed by atoms with E-state index in [4.69, 9.17) is 9.72 Å². The summed E-state index contributed by atoms with van der Waals surface area (Å²) in [6, 6.07) is 8.47. The number of aryl methyl sites for hydroxylation is 2. The second-order valence-corrected chi connectivity index (χ2v) is 7.64. The van der Waals surface area contributed by atoms with Crippen molar-refractivity contribution in [1.82, 2.24) is 25.1 Å². The van der Waals surface area contributed by atoms with Crippen molar-refractivity contribution in [1.29, 1.82) is 0 Å². The molecule has 1 amide bonds. The zero-order valence-corrected chi connectivity index (χ0v) is 16.4. The van der Waals surface area contributed by atoms with E-state index in [0.29, 0.717) is 24.7 Å². The molecule has 1 saturated heterocycles. The van der Waals surface area contributed by atoms with E-state index >= 15 is 0 Å². The summed E-state index contributed by atoms with van der Waals surface area (Å²) in [7, 11) is 0. The number of nitrogens with zero attached hydrogens (tertiary/aromatic N) is 4. The standard InChI is InChI=1S/C22H23N5O2/c1-14-19(21(28)25-17-9-10-29-13-17)12-24-27(14)22-23-11-16-7-4-6-15-5-2-3-8-18(15)20(16)26-22/h2-3,5,8,11-12,17H,4,6-7,9-10,13H2,1H3,(H,25,28). The van der Waals surface area contributed by atoms with Crippen molar-refractivity contribution >= 4 is 5.91 Å². The molecule has 0 saturated carbocycles. The molecule has 1 N–H and O–H groups in total. The van der Waals surface area contributed by atoms with Gasteiger partial charge in [-0.05, 0) is 43.7 Å². The van der Waals surface area contributed by atoms with Crippen LogP contribution >= 0.6 is 0 Å². The van der Waals surface area contributed by atoms with E-state index in [1.54, 1.807) is 10.9 Å². The van der Waals surface area contributed by atoms with E-state index in [-0.39, 0.29) is 11.9 Å². The Morgan fingerprint density at radius 1 is 1.21 bits per heavy atom. The first-order valence-electron chi connectivity index (χ1n) is 10.1. The lowest BCUT2D eigenvalue weighted by atomic mass is 10.0. The van der Waals surface area contributed by atoms with Crippen molar-refractivity contribution in [3.05, 3.63) is 59.0 Å². The van der Waals surface area contributed by atoms with Crippen LogP contribution in [0.4, 0.5) is 0 Å². The molecule has 1 aliphatic carbocycles. The second kappa shape index (κ2) is 7.40. The number of benzene rings is 1. The van der Waals surface area contributed by atoms with E-state index in [0.717, 1.165) is 48.2 Å². The number of carbonyl (C=O) groups is 1. The zero-order valence-electron chi connectivity index (χ0n) is 16.4. The van der Waals surface area contributed by atoms with Gasteiger partial charge in [-0.2, -0.15) is 5.10 Å². The smallest absolute Gasteiger partial charge is 0.255 e. The number of aromatic nitrogens is 4. The Labute approximate surface area is 169 Å². The monoisotopic (exact) mass is 389 g/mol. The van der Waals surface area contributed by atoms with Gasteiger partial charge in [0.1, 0.15) is 0 Å². The van der Waals surface area contributed by atoms with Gasteiger partial charge in [-0.15, -0.1) is 0 Å². The minimum Gasteiger partial charge on any atom is -0.379 e. The number of carbonyl (C=O) groups excluding carboxylic acids is 1. The molecule has 0 radical (unpaired) electrons. The highest BCUT2D eigenvalue weighted by Gasteiger charge is 2.23. The van der Waals surface area contributed by atoms with Crippen LogP contribution in [0, 0.1) is 6.92 Å². The van der Waals surface area contributed by atoms with Crippen molar-refractivity contribution in [3.63, 3.8) is 0 Å². The van der Waals surface area contributed by atoms with Crippen LogP contribution in [-0.4, -0.2) is 44.9 Å². The zero-order chi connectivity index (χ0) is 19.8. The van der Waals surface area contributed by atoms with E-state index in [9.17, 15) is 4.79 Å². The van der Waals surface area contributed by atoms with Crippen molar-refractivity contribution < 1.29 is 9.53 Å². The predicted molar refractivity (Wildman–Crippen MR) is 108 cm³/mol. The van der Waals surface area contributed by atoms with Gasteiger partial charge >= 0.3 is 0 Å². The molecule has 2 aromatic heterocycles. The minimum absolute atomic E-state index is 0.0606. The molecule has 2 aliphatic rings. The van der Waals surface area contributed by atoms with E-state index in [1.807, 2.05) is 19.2 Å². The average molecular weight is 389 g/mol. The van der Waals surface area contributed by atoms with Gasteiger partial charge in [-0.3, -0.25) is 4.79 Å².